The topological polar surface area (TPSA) is 35.2 Å². The molecule has 1 aromatic carbocycles. The molecule has 2 heteroatoms. The van der Waals surface area contributed by atoms with Crippen molar-refractivity contribution in [3.8, 4) is 5.75 Å². The van der Waals surface area contributed by atoms with E-state index < -0.39 is 0 Å². The number of nitrogens with two attached hydrogens (primary N) is 1. The van der Waals surface area contributed by atoms with Crippen molar-refractivity contribution in [1.29, 1.82) is 0 Å². The van der Waals surface area contributed by atoms with E-state index in [-0.39, 0.29) is 11.5 Å². The van der Waals surface area contributed by atoms with Crippen LogP contribution in [0.1, 0.15) is 57.7 Å². The van der Waals surface area contributed by atoms with Crippen molar-refractivity contribution in [3.63, 3.8) is 0 Å². The molecule has 0 aliphatic heterocycles. The van der Waals surface area contributed by atoms with Crippen LogP contribution in [0.5, 0.6) is 5.75 Å². The van der Waals surface area contributed by atoms with Gasteiger partial charge in [-0.15, -0.1) is 0 Å². The molecule has 0 heterocycles. The first-order valence-corrected chi connectivity index (χ1v) is 7.58. The molecule has 0 saturated carbocycles. The summed E-state index contributed by atoms with van der Waals surface area (Å²) in [5.74, 6) is 1.62. The summed E-state index contributed by atoms with van der Waals surface area (Å²) in [6.45, 7) is 13.2. The van der Waals surface area contributed by atoms with Gasteiger partial charge in [0.2, 0.25) is 0 Å². The molecule has 0 fully saturated rings. The fraction of sp³-hybridized carbons (Fsp3) is 0.667. The maximum atomic E-state index is 5.92. The lowest BCUT2D eigenvalue weighted by molar-refractivity contribution is 0.385. The third-order valence-corrected chi connectivity index (χ3v) is 3.66. The fourth-order valence-corrected chi connectivity index (χ4v) is 2.89. The predicted octanol–water partition coefficient (Wildman–Crippen LogP) is 4.22. The van der Waals surface area contributed by atoms with Crippen molar-refractivity contribution in [2.24, 2.45) is 11.7 Å². The van der Waals surface area contributed by atoms with E-state index in [1.165, 1.54) is 16.7 Å². The molecule has 0 aliphatic carbocycles. The summed E-state index contributed by atoms with van der Waals surface area (Å²) in [7, 11) is 1.78. The highest BCUT2D eigenvalue weighted by Gasteiger charge is 2.22. The molecule has 0 bridgehead atoms. The number of aryl methyl sites for hydroxylation is 1. The van der Waals surface area contributed by atoms with E-state index in [2.05, 4.69) is 53.7 Å². The third kappa shape index (κ3) is 4.52. The molecular formula is C18H31NO. The van der Waals surface area contributed by atoms with Crippen LogP contribution in [0.15, 0.2) is 12.1 Å². The lowest BCUT2D eigenvalue weighted by atomic mass is 9.82. The number of ether oxygens (including phenoxy) is 1. The zero-order valence-corrected chi connectivity index (χ0v) is 14.2. The molecule has 1 rings (SSSR count). The van der Waals surface area contributed by atoms with Crippen LogP contribution in [0.25, 0.3) is 0 Å². The average Bonchev–Trinajstić information content (AvgIpc) is 2.25. The van der Waals surface area contributed by atoms with Crippen molar-refractivity contribution in [1.82, 2.24) is 0 Å². The molecule has 0 aliphatic rings. The maximum Gasteiger partial charge on any atom is 0.125 e. The van der Waals surface area contributed by atoms with Gasteiger partial charge in [0.15, 0.2) is 0 Å². The average molecular weight is 277 g/mol. The highest BCUT2D eigenvalue weighted by Crippen LogP contribution is 2.36. The first-order chi connectivity index (χ1) is 9.15. The maximum absolute atomic E-state index is 5.92. The number of hydrogen-bond donors (Lipinski definition) is 1. The first-order valence-electron chi connectivity index (χ1n) is 7.58. The summed E-state index contributed by atoms with van der Waals surface area (Å²) >= 11 is 0. The van der Waals surface area contributed by atoms with E-state index in [1.54, 1.807) is 7.11 Å². The van der Waals surface area contributed by atoms with E-state index in [1.807, 2.05) is 0 Å². The molecule has 0 spiro atoms. The van der Waals surface area contributed by atoms with Crippen molar-refractivity contribution >= 4 is 0 Å². The quantitative estimate of drug-likeness (QED) is 0.874. The van der Waals surface area contributed by atoms with Crippen molar-refractivity contribution in [2.75, 3.05) is 7.11 Å². The predicted molar refractivity (Wildman–Crippen MR) is 87.6 cm³/mol. The van der Waals surface area contributed by atoms with Gasteiger partial charge < -0.3 is 10.5 Å². The van der Waals surface area contributed by atoms with Crippen LogP contribution in [-0.2, 0) is 11.8 Å². The van der Waals surface area contributed by atoms with Gasteiger partial charge >= 0.3 is 0 Å². The second-order valence-corrected chi connectivity index (χ2v) is 7.28. The van der Waals surface area contributed by atoms with Crippen LogP contribution < -0.4 is 10.5 Å². The van der Waals surface area contributed by atoms with Crippen LogP contribution in [0.4, 0.5) is 0 Å². The Hall–Kier alpha value is -1.02. The molecule has 2 nitrogen and oxygen atoms in total. The minimum Gasteiger partial charge on any atom is -0.496 e. The van der Waals surface area contributed by atoms with Gasteiger partial charge in [-0.25, -0.2) is 0 Å². The SMILES string of the molecule is COc1c(CC(C)CC(C)N)cc(C)cc1C(C)(C)C. The van der Waals surface area contributed by atoms with Gasteiger partial charge in [0, 0.05) is 11.6 Å². The molecule has 2 unspecified atom stereocenters. The molecule has 0 amide bonds. The van der Waals surface area contributed by atoms with Gasteiger partial charge in [-0.2, -0.15) is 0 Å². The molecule has 0 radical (unpaired) electrons. The minimum atomic E-state index is 0.0938. The van der Waals surface area contributed by atoms with Crippen LogP contribution in [0, 0.1) is 12.8 Å². The van der Waals surface area contributed by atoms with Gasteiger partial charge in [-0.1, -0.05) is 45.4 Å². The van der Waals surface area contributed by atoms with E-state index >= 15 is 0 Å². The molecule has 0 saturated heterocycles. The standard InChI is InChI=1S/C18H31NO/c1-12(8-14(3)19)9-15-10-13(2)11-16(17(15)20-7)18(4,5)6/h10-12,14H,8-9,19H2,1-7H3. The number of methoxy groups -OCH3 is 1. The van der Waals surface area contributed by atoms with E-state index in [4.69, 9.17) is 10.5 Å². The third-order valence-electron chi connectivity index (χ3n) is 3.66. The van der Waals surface area contributed by atoms with E-state index in [0.29, 0.717) is 5.92 Å². The number of rotatable bonds is 5. The number of benzene rings is 1. The molecule has 2 N–H and O–H groups in total. The van der Waals surface area contributed by atoms with E-state index in [9.17, 15) is 0 Å². The Kier molecular flexibility index (Phi) is 5.64. The Morgan fingerprint density at radius 3 is 2.25 bits per heavy atom. The molecule has 114 valence electrons. The van der Waals surface area contributed by atoms with Gasteiger partial charge in [-0.3, -0.25) is 0 Å². The fourth-order valence-electron chi connectivity index (χ4n) is 2.89. The first kappa shape index (κ1) is 17.0. The van der Waals surface area contributed by atoms with Crippen molar-refractivity contribution < 1.29 is 4.74 Å². The Morgan fingerprint density at radius 2 is 1.80 bits per heavy atom. The van der Waals surface area contributed by atoms with Crippen LogP contribution in [0.2, 0.25) is 0 Å². The lowest BCUT2D eigenvalue weighted by Gasteiger charge is -2.26. The van der Waals surface area contributed by atoms with Crippen molar-refractivity contribution in [2.45, 2.75) is 65.8 Å². The summed E-state index contributed by atoms with van der Waals surface area (Å²) < 4.78 is 5.73. The normalized spacial score (nSPS) is 15.0. The summed E-state index contributed by atoms with van der Waals surface area (Å²) in [6, 6.07) is 4.76. The second-order valence-electron chi connectivity index (χ2n) is 7.28. The van der Waals surface area contributed by atoms with Crippen LogP contribution in [-0.4, -0.2) is 13.2 Å². The lowest BCUT2D eigenvalue weighted by Crippen LogP contribution is -2.20. The highest BCUT2D eigenvalue weighted by molar-refractivity contribution is 5.48. The monoisotopic (exact) mass is 277 g/mol. The van der Waals surface area contributed by atoms with Gasteiger partial charge in [-0.05, 0) is 43.6 Å². The Labute approximate surface area is 124 Å². The van der Waals surface area contributed by atoms with Crippen LogP contribution >= 0.6 is 0 Å². The van der Waals surface area contributed by atoms with Crippen LogP contribution in [0.3, 0.4) is 0 Å². The zero-order valence-electron chi connectivity index (χ0n) is 14.2. The summed E-state index contributed by atoms with van der Waals surface area (Å²) in [5.41, 5.74) is 9.92. The summed E-state index contributed by atoms with van der Waals surface area (Å²) in [5, 5.41) is 0. The molecule has 1 aromatic rings. The molecular weight excluding hydrogens is 246 g/mol. The molecule has 0 aromatic heterocycles. The van der Waals surface area contributed by atoms with Crippen molar-refractivity contribution in [3.05, 3.63) is 28.8 Å². The molecule has 20 heavy (non-hydrogen) atoms. The second kappa shape index (κ2) is 6.62. The van der Waals surface area contributed by atoms with Gasteiger partial charge in [0.25, 0.3) is 0 Å². The largest absolute Gasteiger partial charge is 0.496 e. The Balaban J connectivity index is 3.16. The van der Waals surface area contributed by atoms with Gasteiger partial charge in [0.1, 0.15) is 5.75 Å². The van der Waals surface area contributed by atoms with Gasteiger partial charge in [0.05, 0.1) is 7.11 Å². The smallest absolute Gasteiger partial charge is 0.125 e. The Bertz CT molecular complexity index is 443. The summed E-state index contributed by atoms with van der Waals surface area (Å²) in [6.07, 6.45) is 2.07. The molecule has 2 atom stereocenters. The zero-order chi connectivity index (χ0) is 15.5. The minimum absolute atomic E-state index is 0.0938. The Morgan fingerprint density at radius 1 is 1.20 bits per heavy atom. The summed E-state index contributed by atoms with van der Waals surface area (Å²) in [4.78, 5) is 0. The van der Waals surface area contributed by atoms with E-state index in [0.717, 1.165) is 18.6 Å². The highest BCUT2D eigenvalue weighted by atomic mass is 16.5. The number of hydrogen-bond acceptors (Lipinski definition) is 2.